The Morgan fingerprint density at radius 2 is 1.64 bits per heavy atom. The first-order valence-electron chi connectivity index (χ1n) is 4.10. The summed E-state index contributed by atoms with van der Waals surface area (Å²) in [5.74, 6) is -0.925. The van der Waals surface area contributed by atoms with Gasteiger partial charge in [-0.15, -0.1) is 0 Å². The van der Waals surface area contributed by atoms with Crippen molar-refractivity contribution in [2.45, 2.75) is 6.42 Å². The third kappa shape index (κ3) is 7.09. The highest BCUT2D eigenvalue weighted by atomic mass is 16.5. The maximum Gasteiger partial charge on any atom is 0.330 e. The van der Waals surface area contributed by atoms with Gasteiger partial charge >= 0.3 is 11.9 Å². The van der Waals surface area contributed by atoms with Gasteiger partial charge in [0.1, 0.15) is 0 Å². The van der Waals surface area contributed by atoms with E-state index in [1.807, 2.05) is 0 Å². The molecule has 0 heterocycles. The van der Waals surface area contributed by atoms with Gasteiger partial charge in [0.15, 0.2) is 0 Å². The van der Waals surface area contributed by atoms with E-state index in [2.05, 4.69) is 22.6 Å². The van der Waals surface area contributed by atoms with Crippen LogP contribution in [0, 0.1) is 6.42 Å². The zero-order valence-electron chi connectivity index (χ0n) is 7.90. The lowest BCUT2D eigenvalue weighted by molar-refractivity contribution is -0.139. The summed E-state index contributed by atoms with van der Waals surface area (Å²) in [6, 6.07) is 0. The van der Waals surface area contributed by atoms with Crippen molar-refractivity contribution in [1.29, 1.82) is 0 Å². The lowest BCUT2D eigenvalue weighted by atomic mass is 10.3. The predicted octanol–water partition coefficient (Wildman–Crippen LogP) is 1.04. The van der Waals surface area contributed by atoms with E-state index in [-0.39, 0.29) is 13.2 Å². The molecule has 0 N–H and O–H groups in total. The van der Waals surface area contributed by atoms with Crippen LogP contribution in [0.1, 0.15) is 6.42 Å². The van der Waals surface area contributed by atoms with Gasteiger partial charge in [-0.2, -0.15) is 0 Å². The highest BCUT2D eigenvalue weighted by Gasteiger charge is 1.97. The second kappa shape index (κ2) is 8.04. The first kappa shape index (κ1) is 12.4. The molecule has 0 aromatic rings. The topological polar surface area (TPSA) is 52.6 Å². The maximum absolute atomic E-state index is 10.5. The molecule has 0 saturated carbocycles. The van der Waals surface area contributed by atoms with Crippen molar-refractivity contribution in [3.05, 3.63) is 31.7 Å². The molecule has 0 aromatic heterocycles. The highest BCUT2D eigenvalue weighted by molar-refractivity contribution is 5.81. The third-order valence-electron chi connectivity index (χ3n) is 1.24. The molecule has 0 amide bonds. The van der Waals surface area contributed by atoms with Crippen LogP contribution < -0.4 is 0 Å². The average Bonchev–Trinajstić information content (AvgIpc) is 2.22. The summed E-state index contributed by atoms with van der Waals surface area (Å²) in [5, 5.41) is 0. The summed E-state index contributed by atoms with van der Waals surface area (Å²) in [6.45, 7) is 6.94. The van der Waals surface area contributed by atoms with Crippen molar-refractivity contribution < 1.29 is 19.1 Å². The molecule has 0 aliphatic carbocycles. The molecule has 14 heavy (non-hydrogen) atoms. The van der Waals surface area contributed by atoms with Crippen LogP contribution in [0.25, 0.3) is 0 Å². The number of ether oxygens (including phenoxy) is 2. The molecule has 0 bridgehead atoms. The number of rotatable bonds is 7. The van der Waals surface area contributed by atoms with Crippen LogP contribution in [0.3, 0.4) is 0 Å². The molecule has 0 unspecified atom stereocenters. The van der Waals surface area contributed by atoms with E-state index in [0.717, 1.165) is 12.2 Å². The SMILES string of the molecule is C=CC(=O)OC[CH]CCOC(=O)C=C. The van der Waals surface area contributed by atoms with E-state index in [0.29, 0.717) is 6.42 Å². The molecule has 4 heteroatoms. The smallest absolute Gasteiger partial charge is 0.330 e. The van der Waals surface area contributed by atoms with Crippen molar-refractivity contribution in [3.8, 4) is 0 Å². The van der Waals surface area contributed by atoms with Crippen LogP contribution in [-0.2, 0) is 19.1 Å². The second-order valence-corrected chi connectivity index (χ2v) is 2.28. The fourth-order valence-corrected chi connectivity index (χ4v) is 0.585. The Bertz CT molecular complexity index is 196. The summed E-state index contributed by atoms with van der Waals surface area (Å²) in [6.07, 6.45) is 4.41. The molecule has 0 aliphatic heterocycles. The minimum absolute atomic E-state index is 0.191. The molecule has 1 radical (unpaired) electrons. The molecule has 4 nitrogen and oxygen atoms in total. The molecule has 0 atom stereocenters. The standard InChI is InChI=1S/C10H13O4/c1-3-9(11)13-7-5-6-8-14-10(12)4-2/h3-5H,1-2,6-8H2. The molecule has 0 saturated heterocycles. The van der Waals surface area contributed by atoms with Crippen LogP contribution in [0.15, 0.2) is 25.3 Å². The summed E-state index contributed by atoms with van der Waals surface area (Å²) in [7, 11) is 0. The summed E-state index contributed by atoms with van der Waals surface area (Å²) in [5.41, 5.74) is 0. The van der Waals surface area contributed by atoms with E-state index in [1.165, 1.54) is 0 Å². The van der Waals surface area contributed by atoms with Gasteiger partial charge in [0.2, 0.25) is 0 Å². The normalized spacial score (nSPS) is 8.86. The quantitative estimate of drug-likeness (QED) is 0.347. The van der Waals surface area contributed by atoms with E-state index in [1.54, 1.807) is 6.42 Å². The number of carbonyl (C=O) groups is 2. The number of esters is 2. The van der Waals surface area contributed by atoms with Crippen molar-refractivity contribution >= 4 is 11.9 Å². The van der Waals surface area contributed by atoms with Crippen molar-refractivity contribution in [3.63, 3.8) is 0 Å². The number of hydrogen-bond donors (Lipinski definition) is 0. The number of hydrogen-bond acceptors (Lipinski definition) is 4. The number of unbranched alkanes of at least 4 members (excludes halogenated alkanes) is 1. The molecule has 0 fully saturated rings. The Labute approximate surface area is 83.2 Å². The zero-order valence-corrected chi connectivity index (χ0v) is 7.90. The third-order valence-corrected chi connectivity index (χ3v) is 1.24. The summed E-state index contributed by atoms with van der Waals surface area (Å²) < 4.78 is 9.33. The van der Waals surface area contributed by atoms with E-state index >= 15 is 0 Å². The van der Waals surface area contributed by atoms with Crippen LogP contribution in [0.5, 0.6) is 0 Å². The maximum atomic E-state index is 10.5. The first-order valence-corrected chi connectivity index (χ1v) is 4.10. The Hall–Kier alpha value is -1.58. The van der Waals surface area contributed by atoms with Crippen LogP contribution in [-0.4, -0.2) is 25.2 Å². The van der Waals surface area contributed by atoms with E-state index in [9.17, 15) is 9.59 Å². The Kier molecular flexibility index (Phi) is 7.13. The van der Waals surface area contributed by atoms with E-state index in [4.69, 9.17) is 0 Å². The Morgan fingerprint density at radius 1 is 1.07 bits per heavy atom. The molecule has 0 rings (SSSR count). The first-order chi connectivity index (χ1) is 6.70. The zero-order chi connectivity index (χ0) is 10.8. The van der Waals surface area contributed by atoms with Crippen molar-refractivity contribution in [2.24, 2.45) is 0 Å². The second-order valence-electron chi connectivity index (χ2n) is 2.28. The largest absolute Gasteiger partial charge is 0.463 e. The minimum atomic E-state index is -0.468. The molecule has 0 aliphatic rings. The molecule has 0 spiro atoms. The van der Waals surface area contributed by atoms with Gasteiger partial charge in [-0.25, -0.2) is 9.59 Å². The average molecular weight is 197 g/mol. The molecular formula is C10H13O4. The lowest BCUT2D eigenvalue weighted by Gasteiger charge is -2.02. The Morgan fingerprint density at radius 3 is 2.21 bits per heavy atom. The van der Waals surface area contributed by atoms with Crippen LogP contribution in [0.2, 0.25) is 0 Å². The minimum Gasteiger partial charge on any atom is -0.463 e. The lowest BCUT2D eigenvalue weighted by Crippen LogP contribution is -2.06. The van der Waals surface area contributed by atoms with Gasteiger partial charge < -0.3 is 9.47 Å². The van der Waals surface area contributed by atoms with Gasteiger partial charge in [-0.05, 0) is 6.42 Å². The van der Waals surface area contributed by atoms with Crippen molar-refractivity contribution in [2.75, 3.05) is 13.2 Å². The molecule has 0 aromatic carbocycles. The predicted molar refractivity (Wildman–Crippen MR) is 51.2 cm³/mol. The van der Waals surface area contributed by atoms with Gasteiger partial charge in [0.25, 0.3) is 0 Å². The number of carbonyl (C=O) groups excluding carboxylic acids is 2. The highest BCUT2D eigenvalue weighted by Crippen LogP contribution is 1.91. The van der Waals surface area contributed by atoms with Gasteiger partial charge in [-0.1, -0.05) is 13.2 Å². The van der Waals surface area contributed by atoms with Gasteiger partial charge in [0, 0.05) is 18.6 Å². The van der Waals surface area contributed by atoms with Crippen molar-refractivity contribution in [1.82, 2.24) is 0 Å². The van der Waals surface area contributed by atoms with E-state index < -0.39 is 11.9 Å². The molecular weight excluding hydrogens is 184 g/mol. The summed E-state index contributed by atoms with van der Waals surface area (Å²) in [4.78, 5) is 21.1. The van der Waals surface area contributed by atoms with Gasteiger partial charge in [-0.3, -0.25) is 0 Å². The van der Waals surface area contributed by atoms with Crippen LogP contribution >= 0.6 is 0 Å². The van der Waals surface area contributed by atoms with Gasteiger partial charge in [0.05, 0.1) is 13.2 Å². The Balaban J connectivity index is 3.21. The fraction of sp³-hybridized carbons (Fsp3) is 0.300. The summed E-state index contributed by atoms with van der Waals surface area (Å²) >= 11 is 0. The molecule has 77 valence electrons. The fourth-order valence-electron chi connectivity index (χ4n) is 0.585. The monoisotopic (exact) mass is 197 g/mol. The van der Waals surface area contributed by atoms with Crippen LogP contribution in [0.4, 0.5) is 0 Å².